The Hall–Kier alpha value is -3.81. The fourth-order valence-corrected chi connectivity index (χ4v) is 3.44. The van der Waals surface area contributed by atoms with Crippen LogP contribution < -0.4 is 10.6 Å². The summed E-state index contributed by atoms with van der Waals surface area (Å²) >= 11 is 0. The van der Waals surface area contributed by atoms with Crippen LogP contribution in [0.4, 0.5) is 14.9 Å². The van der Waals surface area contributed by atoms with E-state index in [1.54, 1.807) is 29.1 Å². The summed E-state index contributed by atoms with van der Waals surface area (Å²) in [5.41, 5.74) is 3.30. The average molecular weight is 363 g/mol. The van der Waals surface area contributed by atoms with Crippen molar-refractivity contribution in [1.29, 1.82) is 0 Å². The second-order valence-corrected chi connectivity index (χ2v) is 6.37. The van der Waals surface area contributed by atoms with Gasteiger partial charge in [0, 0.05) is 17.3 Å². The minimum absolute atomic E-state index is 0.00494. The zero-order valence-corrected chi connectivity index (χ0v) is 13.9. The largest absolute Gasteiger partial charge is 0.494 e. The smallest absolute Gasteiger partial charge is 0.320 e. The summed E-state index contributed by atoms with van der Waals surface area (Å²) in [5, 5.41) is 24.2. The van der Waals surface area contributed by atoms with Crippen LogP contribution in [-0.4, -0.2) is 25.9 Å². The number of nitrogens with zero attached hydrogens (tertiary/aromatic N) is 2. The molecule has 4 N–H and O–H groups in total. The molecule has 0 fully saturated rings. The van der Waals surface area contributed by atoms with Gasteiger partial charge in [0.1, 0.15) is 5.82 Å². The minimum Gasteiger partial charge on any atom is -0.494 e. The van der Waals surface area contributed by atoms with Crippen LogP contribution in [-0.2, 0) is 0 Å². The third-order valence-corrected chi connectivity index (χ3v) is 4.74. The summed E-state index contributed by atoms with van der Waals surface area (Å²) < 4.78 is 14.9. The second kappa shape index (κ2) is 5.60. The highest BCUT2D eigenvalue weighted by Gasteiger charge is 2.31. The molecule has 0 saturated carbocycles. The van der Waals surface area contributed by atoms with Crippen molar-refractivity contribution in [3.8, 4) is 11.6 Å². The first-order chi connectivity index (χ1) is 13.1. The number of hydrogen-bond acceptors (Lipinski definition) is 3. The highest BCUT2D eigenvalue weighted by molar-refractivity contribution is 5.94. The summed E-state index contributed by atoms with van der Waals surface area (Å²) in [6.07, 6.45) is 3.37. The fraction of sp³-hybridized carbons (Fsp3) is 0.0526. The number of urea groups is 1. The normalized spacial score (nSPS) is 16.0. The van der Waals surface area contributed by atoms with Crippen LogP contribution in [0.2, 0.25) is 0 Å². The van der Waals surface area contributed by atoms with E-state index in [0.29, 0.717) is 16.8 Å². The Labute approximate surface area is 152 Å². The number of aromatic amines is 1. The van der Waals surface area contributed by atoms with E-state index in [0.717, 1.165) is 16.6 Å². The van der Waals surface area contributed by atoms with Crippen molar-refractivity contribution in [2.24, 2.45) is 0 Å². The number of H-pyrrole nitrogens is 1. The van der Waals surface area contributed by atoms with E-state index in [1.165, 1.54) is 12.1 Å². The van der Waals surface area contributed by atoms with Crippen molar-refractivity contribution in [3.63, 3.8) is 0 Å². The number of hydrogen-bond donors (Lipinski definition) is 4. The summed E-state index contributed by atoms with van der Waals surface area (Å²) in [4.78, 5) is 12.1. The predicted octanol–water partition coefficient (Wildman–Crippen LogP) is 3.42. The van der Waals surface area contributed by atoms with E-state index < -0.39 is 6.04 Å². The summed E-state index contributed by atoms with van der Waals surface area (Å²) in [5.74, 6) is -0.371. The maximum Gasteiger partial charge on any atom is 0.320 e. The number of carbonyl (C=O) groups excluding carboxylic acids is 1. The number of nitrogens with one attached hydrogen (secondary N) is 3. The lowest BCUT2D eigenvalue weighted by molar-refractivity contribution is 0.249. The van der Waals surface area contributed by atoms with E-state index in [9.17, 15) is 14.3 Å². The van der Waals surface area contributed by atoms with E-state index >= 15 is 0 Å². The van der Waals surface area contributed by atoms with Crippen LogP contribution in [0, 0.1) is 5.82 Å². The third kappa shape index (κ3) is 2.42. The molecule has 2 amide bonds. The molecule has 1 aliphatic rings. The van der Waals surface area contributed by atoms with Crippen molar-refractivity contribution < 1.29 is 14.3 Å². The summed E-state index contributed by atoms with van der Waals surface area (Å²) in [7, 11) is 0. The zero-order valence-electron chi connectivity index (χ0n) is 13.9. The van der Waals surface area contributed by atoms with Crippen molar-refractivity contribution in [1.82, 2.24) is 20.1 Å². The van der Waals surface area contributed by atoms with E-state index in [-0.39, 0.29) is 17.7 Å². The van der Waals surface area contributed by atoms with Crippen LogP contribution in [0.15, 0.2) is 54.9 Å². The third-order valence-electron chi connectivity index (χ3n) is 4.74. The molecule has 0 saturated heterocycles. The van der Waals surface area contributed by atoms with Crippen LogP contribution in [0.1, 0.15) is 17.2 Å². The molecule has 3 heterocycles. The summed E-state index contributed by atoms with van der Waals surface area (Å²) in [6, 6.07) is 10.4. The number of anilines is 1. The molecular formula is C19H14FN5O2. The molecule has 7 nitrogen and oxygen atoms in total. The van der Waals surface area contributed by atoms with Gasteiger partial charge >= 0.3 is 6.03 Å². The number of aromatic nitrogens is 3. The van der Waals surface area contributed by atoms with Crippen molar-refractivity contribution in [2.45, 2.75) is 6.04 Å². The summed E-state index contributed by atoms with van der Waals surface area (Å²) in [6.45, 7) is 0. The molecule has 5 rings (SSSR count). The molecule has 0 bridgehead atoms. The van der Waals surface area contributed by atoms with Gasteiger partial charge in [-0.25, -0.2) is 9.18 Å². The lowest BCUT2D eigenvalue weighted by Gasteiger charge is -2.25. The van der Waals surface area contributed by atoms with E-state index in [4.69, 9.17) is 0 Å². The number of amides is 2. The van der Waals surface area contributed by atoms with Gasteiger partial charge in [0.15, 0.2) is 0 Å². The number of benzene rings is 2. The predicted molar refractivity (Wildman–Crippen MR) is 97.5 cm³/mol. The highest BCUT2D eigenvalue weighted by Crippen LogP contribution is 2.41. The molecule has 8 heteroatoms. The van der Waals surface area contributed by atoms with Gasteiger partial charge in [0.25, 0.3) is 0 Å². The molecule has 1 aliphatic heterocycles. The van der Waals surface area contributed by atoms with Gasteiger partial charge in [-0.15, -0.1) is 0 Å². The van der Waals surface area contributed by atoms with Gasteiger partial charge in [-0.05, 0) is 35.9 Å². The Bertz CT molecular complexity index is 1180. The number of fused-ring (bicyclic) bond motifs is 2. The molecule has 1 atom stereocenters. The molecule has 2 aromatic carbocycles. The van der Waals surface area contributed by atoms with Crippen molar-refractivity contribution in [3.05, 3.63) is 71.8 Å². The lowest BCUT2D eigenvalue weighted by atomic mass is 9.98. The molecule has 0 radical (unpaired) electrons. The van der Waals surface area contributed by atoms with Crippen LogP contribution in [0.3, 0.4) is 0 Å². The molecule has 4 aromatic rings. The first-order valence-corrected chi connectivity index (χ1v) is 8.31. The minimum atomic E-state index is -0.590. The first kappa shape index (κ1) is 15.4. The van der Waals surface area contributed by atoms with E-state index in [1.807, 2.05) is 18.2 Å². The Kier molecular flexibility index (Phi) is 3.20. The maximum atomic E-state index is 13.3. The molecule has 1 unspecified atom stereocenters. The van der Waals surface area contributed by atoms with Crippen molar-refractivity contribution >= 4 is 22.6 Å². The topological polar surface area (TPSA) is 95.0 Å². The van der Waals surface area contributed by atoms with Gasteiger partial charge in [0.2, 0.25) is 5.88 Å². The lowest BCUT2D eigenvalue weighted by Crippen LogP contribution is -2.37. The second-order valence-electron chi connectivity index (χ2n) is 6.37. The van der Waals surface area contributed by atoms with Gasteiger partial charge in [-0.1, -0.05) is 12.1 Å². The number of carbonyl (C=O) groups is 1. The van der Waals surface area contributed by atoms with Gasteiger partial charge in [-0.3, -0.25) is 9.67 Å². The average Bonchev–Trinajstić information content (AvgIpc) is 3.25. The Morgan fingerprint density at radius 1 is 1.15 bits per heavy atom. The Balaban J connectivity index is 1.65. The fourth-order valence-electron chi connectivity index (χ4n) is 3.44. The van der Waals surface area contributed by atoms with Crippen molar-refractivity contribution in [2.75, 3.05) is 5.32 Å². The van der Waals surface area contributed by atoms with Gasteiger partial charge < -0.3 is 15.7 Å². The molecule has 0 spiro atoms. The molecular weight excluding hydrogens is 349 g/mol. The van der Waals surface area contributed by atoms with Gasteiger partial charge in [0.05, 0.1) is 29.0 Å². The number of halogens is 1. The standard InChI is InChI=1S/C19H14FN5O2/c20-12-3-1-10(2-4-12)17-16-15(22-19(27)23-17)9-25(18(16)26)13-5-6-14-11(7-13)8-21-24-14/h1-9,17,26H,(H,21,24)(H2,22,23,27). The monoisotopic (exact) mass is 363 g/mol. The van der Waals surface area contributed by atoms with E-state index in [2.05, 4.69) is 20.8 Å². The Morgan fingerprint density at radius 3 is 2.78 bits per heavy atom. The van der Waals surface area contributed by atoms with Crippen LogP contribution in [0.5, 0.6) is 5.88 Å². The molecule has 0 aliphatic carbocycles. The SMILES string of the molecule is O=C1Nc2cn(-c3ccc4[nH]ncc4c3)c(O)c2C(c2ccc(F)cc2)N1. The highest BCUT2D eigenvalue weighted by atomic mass is 19.1. The van der Waals surface area contributed by atoms with Crippen LogP contribution >= 0.6 is 0 Å². The number of aromatic hydroxyl groups is 1. The maximum absolute atomic E-state index is 13.3. The first-order valence-electron chi connectivity index (χ1n) is 8.31. The van der Waals surface area contributed by atoms with Crippen LogP contribution in [0.25, 0.3) is 16.6 Å². The molecule has 2 aromatic heterocycles. The quantitative estimate of drug-likeness (QED) is 0.439. The number of rotatable bonds is 2. The zero-order chi connectivity index (χ0) is 18.5. The molecule has 27 heavy (non-hydrogen) atoms. The van der Waals surface area contributed by atoms with Gasteiger partial charge in [-0.2, -0.15) is 5.10 Å². The Morgan fingerprint density at radius 2 is 1.96 bits per heavy atom. The molecule has 134 valence electrons.